The second-order valence-corrected chi connectivity index (χ2v) is 5.57. The van der Waals surface area contributed by atoms with Crippen molar-refractivity contribution in [3.8, 4) is 0 Å². The smallest absolute Gasteiger partial charge is 0.351 e. The van der Waals surface area contributed by atoms with Gasteiger partial charge in [0, 0.05) is 17.8 Å². The van der Waals surface area contributed by atoms with Crippen LogP contribution in [0.3, 0.4) is 0 Å². The summed E-state index contributed by atoms with van der Waals surface area (Å²) in [6.07, 6.45) is 2.69. The molecule has 1 amide bonds. The first-order valence-corrected chi connectivity index (χ1v) is 7.74. The maximum absolute atomic E-state index is 12.2. The molecule has 0 radical (unpaired) electrons. The lowest BCUT2D eigenvalue weighted by molar-refractivity contribution is -0.111. The van der Waals surface area contributed by atoms with Gasteiger partial charge in [0.25, 0.3) is 0 Å². The highest BCUT2D eigenvalue weighted by atomic mass is 16.5. The Balaban J connectivity index is 1.71. The molecule has 0 spiro atoms. The maximum Gasteiger partial charge on any atom is 0.351 e. The number of nitrogens with one attached hydrogen (secondary N) is 1. The van der Waals surface area contributed by atoms with Gasteiger partial charge in [-0.25, -0.2) is 4.79 Å². The summed E-state index contributed by atoms with van der Waals surface area (Å²) in [5.41, 5.74) is -0.458. The summed E-state index contributed by atoms with van der Waals surface area (Å²) < 4.78 is 11.6. The molecule has 9 heteroatoms. The number of ether oxygens (including phenoxy) is 1. The lowest BCUT2D eigenvalue weighted by atomic mass is 10.1. The number of aliphatic hydroxyl groups is 2. The van der Waals surface area contributed by atoms with E-state index in [1.807, 2.05) is 0 Å². The standard InChI is InChI=1S/C17H17N3O6/c1-10-15(23)12(9-21)26-16(10)20-7-6-13(19-17(20)24)18-14(22)5-4-11-3-2-8-25-11/h2-8,12,15-16,21,23H,1,9H2,(H,18,19,22,24)/t12-,15+,16-/m1/s1. The van der Waals surface area contributed by atoms with Crippen molar-refractivity contribution in [2.45, 2.75) is 18.4 Å². The first kappa shape index (κ1) is 17.8. The molecule has 0 aromatic carbocycles. The van der Waals surface area contributed by atoms with Gasteiger partial charge in [-0.15, -0.1) is 0 Å². The van der Waals surface area contributed by atoms with Gasteiger partial charge in [0.05, 0.1) is 12.9 Å². The van der Waals surface area contributed by atoms with Gasteiger partial charge in [0.2, 0.25) is 5.91 Å². The average molecular weight is 359 g/mol. The number of furan rings is 1. The molecule has 26 heavy (non-hydrogen) atoms. The summed E-state index contributed by atoms with van der Waals surface area (Å²) in [5.74, 6) is 0.0870. The van der Waals surface area contributed by atoms with E-state index in [0.29, 0.717) is 5.76 Å². The minimum absolute atomic E-state index is 0.0585. The van der Waals surface area contributed by atoms with Crippen molar-refractivity contribution in [2.24, 2.45) is 0 Å². The highest BCUT2D eigenvalue weighted by molar-refractivity contribution is 6.01. The Bertz CT molecular complexity index is 886. The molecule has 1 fully saturated rings. The fourth-order valence-corrected chi connectivity index (χ4v) is 2.47. The van der Waals surface area contributed by atoms with Crippen LogP contribution in [-0.2, 0) is 9.53 Å². The third-order valence-corrected chi connectivity index (χ3v) is 3.81. The molecule has 3 atom stereocenters. The van der Waals surface area contributed by atoms with Crippen LogP contribution < -0.4 is 11.0 Å². The highest BCUT2D eigenvalue weighted by Gasteiger charge is 2.38. The molecule has 1 aliphatic rings. The van der Waals surface area contributed by atoms with Crippen molar-refractivity contribution in [1.29, 1.82) is 0 Å². The lowest BCUT2D eigenvalue weighted by Crippen LogP contribution is -2.28. The second-order valence-electron chi connectivity index (χ2n) is 5.57. The van der Waals surface area contributed by atoms with Crippen LogP contribution in [0.4, 0.5) is 5.82 Å². The summed E-state index contributed by atoms with van der Waals surface area (Å²) in [7, 11) is 0. The molecule has 1 aliphatic heterocycles. The number of hydrogen-bond donors (Lipinski definition) is 3. The van der Waals surface area contributed by atoms with Crippen LogP contribution in [0.5, 0.6) is 0 Å². The zero-order chi connectivity index (χ0) is 18.7. The zero-order valence-electron chi connectivity index (χ0n) is 13.6. The zero-order valence-corrected chi connectivity index (χ0v) is 13.6. The Morgan fingerprint density at radius 2 is 2.27 bits per heavy atom. The molecule has 2 aromatic heterocycles. The number of rotatable bonds is 5. The van der Waals surface area contributed by atoms with Gasteiger partial charge >= 0.3 is 5.69 Å². The molecule has 136 valence electrons. The minimum atomic E-state index is -1.08. The number of carbonyl (C=O) groups excluding carboxylic acids is 1. The largest absolute Gasteiger partial charge is 0.465 e. The molecule has 2 aromatic rings. The lowest BCUT2D eigenvalue weighted by Gasteiger charge is -2.15. The quantitative estimate of drug-likeness (QED) is 0.517. The van der Waals surface area contributed by atoms with Gasteiger partial charge < -0.3 is 24.7 Å². The molecular formula is C17H17N3O6. The number of anilines is 1. The third kappa shape index (κ3) is 3.64. The highest BCUT2D eigenvalue weighted by Crippen LogP contribution is 2.31. The van der Waals surface area contributed by atoms with Gasteiger partial charge in [0.1, 0.15) is 23.8 Å². The number of aromatic nitrogens is 2. The Kier molecular flexibility index (Phi) is 5.12. The fourth-order valence-electron chi connectivity index (χ4n) is 2.47. The Morgan fingerprint density at radius 3 is 2.88 bits per heavy atom. The van der Waals surface area contributed by atoms with E-state index in [4.69, 9.17) is 14.3 Å². The molecule has 0 saturated carbocycles. The minimum Gasteiger partial charge on any atom is -0.465 e. The topological polar surface area (TPSA) is 127 Å². The molecule has 0 aliphatic carbocycles. The predicted octanol–water partition coefficient (Wildman–Crippen LogP) is 0.295. The second kappa shape index (κ2) is 7.48. The molecule has 9 nitrogen and oxygen atoms in total. The Labute approximate surface area is 147 Å². The number of carbonyl (C=O) groups is 1. The summed E-state index contributed by atoms with van der Waals surface area (Å²) >= 11 is 0. The number of amides is 1. The van der Waals surface area contributed by atoms with E-state index >= 15 is 0 Å². The first-order valence-electron chi connectivity index (χ1n) is 7.74. The fraction of sp³-hybridized carbons (Fsp3) is 0.235. The Hall–Kier alpha value is -3.01. The van der Waals surface area contributed by atoms with Crippen molar-refractivity contribution in [3.05, 3.63) is 65.1 Å². The van der Waals surface area contributed by atoms with Crippen LogP contribution in [0, 0.1) is 0 Å². The van der Waals surface area contributed by atoms with Gasteiger partial charge in [-0.2, -0.15) is 4.98 Å². The molecule has 3 N–H and O–H groups in total. The monoisotopic (exact) mass is 359 g/mol. The summed E-state index contributed by atoms with van der Waals surface area (Å²) in [5, 5.41) is 21.5. The molecule has 1 saturated heterocycles. The van der Waals surface area contributed by atoms with E-state index in [0.717, 1.165) is 4.57 Å². The Morgan fingerprint density at radius 1 is 1.46 bits per heavy atom. The van der Waals surface area contributed by atoms with Crippen LogP contribution in [0.1, 0.15) is 12.0 Å². The summed E-state index contributed by atoms with van der Waals surface area (Å²) in [6.45, 7) is 3.28. The number of nitrogens with zero attached hydrogens (tertiary/aromatic N) is 2. The molecule has 0 unspecified atom stereocenters. The van der Waals surface area contributed by atoms with E-state index in [2.05, 4.69) is 16.9 Å². The van der Waals surface area contributed by atoms with Crippen molar-refractivity contribution in [2.75, 3.05) is 11.9 Å². The molecule has 3 heterocycles. The molecule has 0 bridgehead atoms. The van der Waals surface area contributed by atoms with E-state index in [9.17, 15) is 14.7 Å². The van der Waals surface area contributed by atoms with Gasteiger partial charge in [-0.05, 0) is 24.3 Å². The van der Waals surface area contributed by atoms with Crippen LogP contribution in [0.15, 0.2) is 58.1 Å². The maximum atomic E-state index is 12.2. The van der Waals surface area contributed by atoms with E-state index in [-0.39, 0.29) is 11.4 Å². The SMILES string of the molecule is C=C1[C@H](n2ccc(NC(=O)C=Cc3ccco3)nc2=O)O[C@H](CO)[C@H]1O. The van der Waals surface area contributed by atoms with Crippen molar-refractivity contribution < 1.29 is 24.2 Å². The van der Waals surface area contributed by atoms with Crippen LogP contribution in [-0.4, -0.2) is 44.5 Å². The molecular weight excluding hydrogens is 342 g/mol. The number of aliphatic hydroxyl groups excluding tert-OH is 2. The first-order chi connectivity index (χ1) is 12.5. The molecule has 3 rings (SSSR count). The van der Waals surface area contributed by atoms with E-state index in [1.165, 1.54) is 30.7 Å². The van der Waals surface area contributed by atoms with Gasteiger partial charge in [-0.3, -0.25) is 9.36 Å². The van der Waals surface area contributed by atoms with Crippen molar-refractivity contribution >= 4 is 17.8 Å². The summed E-state index contributed by atoms with van der Waals surface area (Å²) in [4.78, 5) is 27.8. The number of hydrogen-bond acceptors (Lipinski definition) is 7. The van der Waals surface area contributed by atoms with Crippen molar-refractivity contribution in [3.63, 3.8) is 0 Å². The van der Waals surface area contributed by atoms with E-state index in [1.54, 1.807) is 12.1 Å². The third-order valence-electron chi connectivity index (χ3n) is 3.81. The predicted molar refractivity (Wildman–Crippen MR) is 91.0 cm³/mol. The van der Waals surface area contributed by atoms with Crippen LogP contribution >= 0.6 is 0 Å². The average Bonchev–Trinajstić information content (AvgIpc) is 3.23. The van der Waals surface area contributed by atoms with Gasteiger partial charge in [0.15, 0.2) is 6.23 Å². The summed E-state index contributed by atoms with van der Waals surface area (Å²) in [6, 6.07) is 4.79. The van der Waals surface area contributed by atoms with E-state index < -0.39 is 36.6 Å². The van der Waals surface area contributed by atoms with Crippen LogP contribution in [0.2, 0.25) is 0 Å². The van der Waals surface area contributed by atoms with Crippen molar-refractivity contribution in [1.82, 2.24) is 9.55 Å². The van der Waals surface area contributed by atoms with Crippen LogP contribution in [0.25, 0.3) is 6.08 Å². The van der Waals surface area contributed by atoms with Gasteiger partial charge in [-0.1, -0.05) is 6.58 Å². The normalized spacial score (nSPS) is 22.8.